The summed E-state index contributed by atoms with van der Waals surface area (Å²) < 4.78 is 1.68. The van der Waals surface area contributed by atoms with Gasteiger partial charge in [-0.05, 0) is 36.2 Å². The second kappa shape index (κ2) is 6.81. The van der Waals surface area contributed by atoms with Crippen molar-refractivity contribution in [2.24, 2.45) is 0 Å². The number of benzene rings is 2. The standard InChI is InChI=1S/C25H18N2O3/c1-2-16-13-14-26-19(15-16)20-21(22(26)23(28)17-9-5-3-6-10-17)25(30)27(24(20)29)18-11-7-4-8-12-18/h3-15H,2H2,1H3. The van der Waals surface area contributed by atoms with Crippen LogP contribution in [0.3, 0.4) is 0 Å². The molecule has 0 saturated carbocycles. The molecule has 1 aliphatic rings. The molecule has 2 aromatic carbocycles. The summed E-state index contributed by atoms with van der Waals surface area (Å²) in [6.45, 7) is 2.02. The third-order valence-electron chi connectivity index (χ3n) is 5.51. The van der Waals surface area contributed by atoms with Crippen LogP contribution >= 0.6 is 0 Å². The Kier molecular flexibility index (Phi) is 4.10. The van der Waals surface area contributed by atoms with Crippen molar-refractivity contribution in [3.05, 3.63) is 107 Å². The number of nitrogens with zero attached hydrogens (tertiary/aromatic N) is 2. The third kappa shape index (κ3) is 2.52. The van der Waals surface area contributed by atoms with Crippen LogP contribution in [0.5, 0.6) is 0 Å². The van der Waals surface area contributed by atoms with Crippen LogP contribution < -0.4 is 4.90 Å². The van der Waals surface area contributed by atoms with E-state index in [1.807, 2.05) is 31.2 Å². The summed E-state index contributed by atoms with van der Waals surface area (Å²) in [4.78, 5) is 41.4. The molecular weight excluding hydrogens is 376 g/mol. The van der Waals surface area contributed by atoms with E-state index < -0.39 is 11.8 Å². The van der Waals surface area contributed by atoms with Crippen LogP contribution in [0.1, 0.15) is 49.3 Å². The van der Waals surface area contributed by atoms with Gasteiger partial charge in [0.15, 0.2) is 0 Å². The van der Waals surface area contributed by atoms with Crippen LogP contribution in [-0.2, 0) is 6.42 Å². The molecule has 2 aromatic heterocycles. The minimum absolute atomic E-state index is 0.172. The van der Waals surface area contributed by atoms with Crippen molar-refractivity contribution in [2.45, 2.75) is 13.3 Å². The molecule has 1 aliphatic heterocycles. The smallest absolute Gasteiger partial charge is 0.268 e. The summed E-state index contributed by atoms with van der Waals surface area (Å²) in [5, 5.41) is 0. The van der Waals surface area contributed by atoms with Crippen molar-refractivity contribution in [3.8, 4) is 0 Å². The lowest BCUT2D eigenvalue weighted by molar-refractivity contribution is 0.0919. The van der Waals surface area contributed by atoms with E-state index in [1.165, 1.54) is 0 Å². The van der Waals surface area contributed by atoms with Crippen LogP contribution in [0.4, 0.5) is 5.69 Å². The maximum atomic E-state index is 13.4. The first kappa shape index (κ1) is 18.1. The van der Waals surface area contributed by atoms with Crippen molar-refractivity contribution in [2.75, 3.05) is 4.90 Å². The van der Waals surface area contributed by atoms with Gasteiger partial charge in [0.05, 0.1) is 22.3 Å². The summed E-state index contributed by atoms with van der Waals surface area (Å²) in [6.07, 6.45) is 2.55. The summed E-state index contributed by atoms with van der Waals surface area (Å²) >= 11 is 0. The summed E-state index contributed by atoms with van der Waals surface area (Å²) in [7, 11) is 0. The Balaban J connectivity index is 1.79. The number of aromatic nitrogens is 1. The first-order valence-electron chi connectivity index (χ1n) is 9.82. The lowest BCUT2D eigenvalue weighted by atomic mass is 10.0. The Morgan fingerprint density at radius 1 is 0.833 bits per heavy atom. The Morgan fingerprint density at radius 3 is 2.13 bits per heavy atom. The van der Waals surface area contributed by atoms with E-state index in [9.17, 15) is 14.4 Å². The molecule has 5 heteroatoms. The largest absolute Gasteiger partial charge is 0.312 e. The second-order valence-electron chi connectivity index (χ2n) is 7.22. The van der Waals surface area contributed by atoms with E-state index in [4.69, 9.17) is 0 Å². The zero-order valence-corrected chi connectivity index (χ0v) is 16.3. The number of carbonyl (C=O) groups is 3. The van der Waals surface area contributed by atoms with E-state index in [1.54, 1.807) is 59.1 Å². The molecule has 30 heavy (non-hydrogen) atoms. The summed E-state index contributed by atoms with van der Waals surface area (Å²) in [6, 6.07) is 21.4. The quantitative estimate of drug-likeness (QED) is 0.377. The predicted molar refractivity (Wildman–Crippen MR) is 114 cm³/mol. The Morgan fingerprint density at radius 2 is 1.47 bits per heavy atom. The number of pyridine rings is 1. The average Bonchev–Trinajstić information content (AvgIpc) is 3.26. The van der Waals surface area contributed by atoms with Crippen molar-refractivity contribution in [3.63, 3.8) is 0 Å². The monoisotopic (exact) mass is 394 g/mol. The van der Waals surface area contributed by atoms with E-state index in [0.717, 1.165) is 16.9 Å². The van der Waals surface area contributed by atoms with E-state index in [-0.39, 0.29) is 17.0 Å². The van der Waals surface area contributed by atoms with Gasteiger partial charge in [0, 0.05) is 11.8 Å². The van der Waals surface area contributed by atoms with Crippen LogP contribution in [0, 0.1) is 0 Å². The number of hydrogen-bond acceptors (Lipinski definition) is 3. The highest BCUT2D eigenvalue weighted by molar-refractivity contribution is 6.39. The summed E-state index contributed by atoms with van der Waals surface area (Å²) in [5.74, 6) is -1.16. The summed E-state index contributed by atoms with van der Waals surface area (Å²) in [5.41, 5.74) is 3.26. The number of fused-ring (bicyclic) bond motifs is 3. The first-order valence-corrected chi connectivity index (χ1v) is 9.82. The Labute approximate surface area is 173 Å². The lowest BCUT2D eigenvalue weighted by Gasteiger charge is -2.15. The normalized spacial score (nSPS) is 13.2. The molecule has 0 fully saturated rings. The highest BCUT2D eigenvalue weighted by Gasteiger charge is 2.43. The maximum Gasteiger partial charge on any atom is 0.268 e. The molecule has 5 rings (SSSR count). The molecule has 0 N–H and O–H groups in total. The number of rotatable bonds is 4. The van der Waals surface area contributed by atoms with Gasteiger partial charge in [-0.1, -0.05) is 55.5 Å². The number of aryl methyl sites for hydroxylation is 1. The average molecular weight is 394 g/mol. The van der Waals surface area contributed by atoms with Crippen LogP contribution in [0.2, 0.25) is 0 Å². The van der Waals surface area contributed by atoms with Crippen molar-refractivity contribution in [1.29, 1.82) is 0 Å². The zero-order chi connectivity index (χ0) is 20.8. The number of hydrogen-bond donors (Lipinski definition) is 0. The maximum absolute atomic E-state index is 13.4. The molecule has 4 aromatic rings. The highest BCUT2D eigenvalue weighted by atomic mass is 16.2. The van der Waals surface area contributed by atoms with Gasteiger partial charge >= 0.3 is 0 Å². The molecule has 0 atom stereocenters. The van der Waals surface area contributed by atoms with Crippen LogP contribution in [0.25, 0.3) is 5.52 Å². The van der Waals surface area contributed by atoms with Gasteiger partial charge in [0.2, 0.25) is 5.78 Å². The van der Waals surface area contributed by atoms with Crippen molar-refractivity contribution >= 4 is 28.8 Å². The third-order valence-corrected chi connectivity index (χ3v) is 5.51. The molecule has 3 heterocycles. The topological polar surface area (TPSA) is 58.9 Å². The fourth-order valence-electron chi connectivity index (χ4n) is 4.02. The van der Waals surface area contributed by atoms with Gasteiger partial charge in [-0.15, -0.1) is 0 Å². The van der Waals surface area contributed by atoms with Crippen LogP contribution in [0.15, 0.2) is 79.0 Å². The molecule has 2 amide bonds. The van der Waals surface area contributed by atoms with Gasteiger partial charge in [-0.3, -0.25) is 14.4 Å². The number of ketones is 1. The van der Waals surface area contributed by atoms with Gasteiger partial charge in [0.25, 0.3) is 11.8 Å². The van der Waals surface area contributed by atoms with Gasteiger partial charge in [-0.2, -0.15) is 0 Å². The van der Waals surface area contributed by atoms with Crippen LogP contribution in [-0.4, -0.2) is 22.0 Å². The number of para-hydroxylation sites is 1. The SMILES string of the molecule is CCc1ccn2c(C(=O)c3ccccc3)c3c(c2c1)C(=O)N(c1ccccc1)C3=O. The molecule has 0 aliphatic carbocycles. The molecular formula is C25H18N2O3. The highest BCUT2D eigenvalue weighted by Crippen LogP contribution is 2.36. The van der Waals surface area contributed by atoms with E-state index >= 15 is 0 Å². The van der Waals surface area contributed by atoms with Gasteiger partial charge in [0.1, 0.15) is 5.69 Å². The Bertz CT molecular complexity index is 1320. The molecule has 146 valence electrons. The lowest BCUT2D eigenvalue weighted by Crippen LogP contribution is -2.30. The number of carbonyl (C=O) groups excluding carboxylic acids is 3. The number of imide groups is 1. The molecule has 0 unspecified atom stereocenters. The molecule has 0 saturated heterocycles. The van der Waals surface area contributed by atoms with Crippen molar-refractivity contribution < 1.29 is 14.4 Å². The molecule has 0 bridgehead atoms. The van der Waals surface area contributed by atoms with Gasteiger partial charge < -0.3 is 4.40 Å². The van der Waals surface area contributed by atoms with E-state index in [0.29, 0.717) is 22.3 Å². The molecule has 0 radical (unpaired) electrons. The number of anilines is 1. The Hall–Kier alpha value is -3.99. The zero-order valence-electron chi connectivity index (χ0n) is 16.3. The molecule has 5 nitrogen and oxygen atoms in total. The fourth-order valence-corrected chi connectivity index (χ4v) is 4.02. The number of amides is 2. The van der Waals surface area contributed by atoms with Crippen molar-refractivity contribution in [1.82, 2.24) is 4.40 Å². The van der Waals surface area contributed by atoms with Gasteiger partial charge in [-0.25, -0.2) is 4.90 Å². The van der Waals surface area contributed by atoms with E-state index in [2.05, 4.69) is 0 Å². The fraction of sp³-hybridized carbons (Fsp3) is 0.0800. The first-order chi connectivity index (χ1) is 14.6. The minimum atomic E-state index is -0.470. The predicted octanol–water partition coefficient (Wildman–Crippen LogP) is 4.53. The minimum Gasteiger partial charge on any atom is -0.312 e. The molecule has 0 spiro atoms. The second-order valence-corrected chi connectivity index (χ2v) is 7.22.